The van der Waals surface area contributed by atoms with Gasteiger partial charge in [-0.05, 0) is 51.8 Å². The van der Waals surface area contributed by atoms with Crippen LogP contribution in [0, 0.1) is 24.0 Å². The first kappa shape index (κ1) is 16.1. The molecule has 0 spiro atoms. The molecule has 1 amide bonds. The van der Waals surface area contributed by atoms with Gasteiger partial charge >= 0.3 is 0 Å². The molecule has 1 rings (SSSR count). The molecule has 0 saturated heterocycles. The summed E-state index contributed by atoms with van der Waals surface area (Å²) in [7, 11) is 0. The molecule has 110 valence electrons. The Kier molecular flexibility index (Phi) is 4.83. The highest BCUT2D eigenvalue weighted by molar-refractivity contribution is 5.94. The Morgan fingerprint density at radius 1 is 1.30 bits per heavy atom. The molecular weight excluding hydrogens is 260 g/mol. The molecule has 0 aliphatic carbocycles. The van der Waals surface area contributed by atoms with Crippen LogP contribution in [0.5, 0.6) is 0 Å². The molecule has 0 fully saturated rings. The molecule has 6 nitrogen and oxygen atoms in total. The minimum absolute atomic E-state index is 0.114. The lowest BCUT2D eigenvalue weighted by atomic mass is 10.1. The fourth-order valence-electron chi connectivity index (χ4n) is 1.52. The third kappa shape index (κ3) is 4.62. The Morgan fingerprint density at radius 2 is 1.85 bits per heavy atom. The standard InChI is InChI=1S/C14H20N2O4/c1-9-6-11(12(16(18)19)7-10(9)2)15-13(17)8-20-14(3,4)5/h6-7H,8H2,1-5H3,(H,15,17). The van der Waals surface area contributed by atoms with Gasteiger partial charge < -0.3 is 10.1 Å². The van der Waals surface area contributed by atoms with Crippen molar-refractivity contribution in [3.63, 3.8) is 0 Å². The molecular formula is C14H20N2O4. The second-order valence-electron chi connectivity index (χ2n) is 5.66. The highest BCUT2D eigenvalue weighted by Gasteiger charge is 2.19. The third-order valence-electron chi connectivity index (χ3n) is 2.72. The summed E-state index contributed by atoms with van der Waals surface area (Å²) in [5.74, 6) is -0.411. The van der Waals surface area contributed by atoms with Crippen LogP contribution in [-0.4, -0.2) is 23.0 Å². The van der Waals surface area contributed by atoms with Crippen LogP contribution in [0.4, 0.5) is 11.4 Å². The van der Waals surface area contributed by atoms with Crippen LogP contribution in [-0.2, 0) is 9.53 Å². The minimum atomic E-state index is -0.507. The molecule has 1 N–H and O–H groups in total. The van der Waals surface area contributed by atoms with Crippen molar-refractivity contribution in [3.8, 4) is 0 Å². The predicted octanol–water partition coefficient (Wildman–Crippen LogP) is 2.97. The predicted molar refractivity (Wildman–Crippen MR) is 76.9 cm³/mol. The normalized spacial score (nSPS) is 11.2. The maximum atomic E-state index is 11.8. The van der Waals surface area contributed by atoms with E-state index in [2.05, 4.69) is 5.32 Å². The van der Waals surface area contributed by atoms with Gasteiger partial charge in [0.2, 0.25) is 0 Å². The zero-order chi connectivity index (χ0) is 15.5. The average Bonchev–Trinajstić information content (AvgIpc) is 2.29. The first-order valence-electron chi connectivity index (χ1n) is 6.29. The van der Waals surface area contributed by atoms with E-state index in [1.807, 2.05) is 27.7 Å². The summed E-state index contributed by atoms with van der Waals surface area (Å²) >= 11 is 0. The Balaban J connectivity index is 2.89. The van der Waals surface area contributed by atoms with Gasteiger partial charge in [-0.1, -0.05) is 0 Å². The number of rotatable bonds is 4. The number of carbonyl (C=O) groups excluding carboxylic acids is 1. The smallest absolute Gasteiger partial charge is 0.293 e. The average molecular weight is 280 g/mol. The maximum absolute atomic E-state index is 11.8. The van der Waals surface area contributed by atoms with E-state index in [-0.39, 0.29) is 18.0 Å². The van der Waals surface area contributed by atoms with Crippen LogP contribution in [0.15, 0.2) is 12.1 Å². The van der Waals surface area contributed by atoms with Gasteiger partial charge in [-0.15, -0.1) is 0 Å². The number of amides is 1. The monoisotopic (exact) mass is 280 g/mol. The van der Waals surface area contributed by atoms with Crippen LogP contribution >= 0.6 is 0 Å². The van der Waals surface area contributed by atoms with Crippen LogP contribution in [0.25, 0.3) is 0 Å². The largest absolute Gasteiger partial charge is 0.366 e. The lowest BCUT2D eigenvalue weighted by Crippen LogP contribution is -2.27. The van der Waals surface area contributed by atoms with Crippen molar-refractivity contribution in [2.24, 2.45) is 0 Å². The van der Waals surface area contributed by atoms with Crippen molar-refractivity contribution in [2.45, 2.75) is 40.2 Å². The molecule has 0 radical (unpaired) electrons. The summed E-state index contributed by atoms with van der Waals surface area (Å²) in [5.41, 5.74) is 1.33. The SMILES string of the molecule is Cc1cc(NC(=O)COC(C)(C)C)c([N+](=O)[O-])cc1C. The van der Waals surface area contributed by atoms with E-state index >= 15 is 0 Å². The van der Waals surface area contributed by atoms with Crippen molar-refractivity contribution in [1.82, 2.24) is 0 Å². The Labute approximate surface area is 118 Å². The second kappa shape index (κ2) is 6.00. The van der Waals surface area contributed by atoms with Crippen molar-refractivity contribution < 1.29 is 14.5 Å². The van der Waals surface area contributed by atoms with Gasteiger partial charge in [-0.3, -0.25) is 14.9 Å². The number of nitrogens with zero attached hydrogens (tertiary/aromatic N) is 1. The highest BCUT2D eigenvalue weighted by Crippen LogP contribution is 2.27. The van der Waals surface area contributed by atoms with Gasteiger partial charge in [0.1, 0.15) is 12.3 Å². The van der Waals surface area contributed by atoms with Gasteiger partial charge in [-0.25, -0.2) is 0 Å². The Morgan fingerprint density at radius 3 is 2.35 bits per heavy atom. The number of hydrogen-bond acceptors (Lipinski definition) is 4. The molecule has 1 aromatic rings. The molecule has 0 aliphatic rings. The zero-order valence-corrected chi connectivity index (χ0v) is 12.4. The molecule has 0 saturated carbocycles. The van der Waals surface area contributed by atoms with E-state index in [0.29, 0.717) is 0 Å². The van der Waals surface area contributed by atoms with Crippen LogP contribution in [0.1, 0.15) is 31.9 Å². The fraction of sp³-hybridized carbons (Fsp3) is 0.500. The number of nitro groups is 1. The Bertz CT molecular complexity index is 533. The number of aryl methyl sites for hydroxylation is 2. The number of hydrogen-bond donors (Lipinski definition) is 1. The van der Waals surface area contributed by atoms with Gasteiger partial charge in [0, 0.05) is 6.07 Å². The van der Waals surface area contributed by atoms with Crippen molar-refractivity contribution in [2.75, 3.05) is 11.9 Å². The number of anilines is 1. The lowest BCUT2D eigenvalue weighted by Gasteiger charge is -2.19. The van der Waals surface area contributed by atoms with Gasteiger partial charge in [-0.2, -0.15) is 0 Å². The third-order valence-corrected chi connectivity index (χ3v) is 2.72. The first-order valence-corrected chi connectivity index (χ1v) is 6.29. The number of nitrogens with one attached hydrogen (secondary N) is 1. The molecule has 0 unspecified atom stereocenters. The van der Waals surface area contributed by atoms with E-state index in [1.54, 1.807) is 13.0 Å². The van der Waals surface area contributed by atoms with Gasteiger partial charge in [0.25, 0.3) is 11.6 Å². The minimum Gasteiger partial charge on any atom is -0.366 e. The van der Waals surface area contributed by atoms with Gasteiger partial charge in [0.15, 0.2) is 0 Å². The van der Waals surface area contributed by atoms with Crippen molar-refractivity contribution >= 4 is 17.3 Å². The van der Waals surface area contributed by atoms with E-state index < -0.39 is 16.4 Å². The lowest BCUT2D eigenvalue weighted by molar-refractivity contribution is -0.384. The summed E-state index contributed by atoms with van der Waals surface area (Å²) in [6.07, 6.45) is 0. The summed E-state index contributed by atoms with van der Waals surface area (Å²) < 4.78 is 5.34. The molecule has 0 aliphatic heterocycles. The number of nitro benzene ring substituents is 1. The number of ether oxygens (including phenoxy) is 1. The second-order valence-corrected chi connectivity index (χ2v) is 5.66. The molecule has 20 heavy (non-hydrogen) atoms. The van der Waals surface area contributed by atoms with E-state index in [4.69, 9.17) is 4.74 Å². The topological polar surface area (TPSA) is 81.5 Å². The summed E-state index contributed by atoms with van der Waals surface area (Å²) in [6, 6.07) is 3.05. The maximum Gasteiger partial charge on any atom is 0.293 e. The summed E-state index contributed by atoms with van der Waals surface area (Å²) in [6.45, 7) is 8.97. The number of carbonyl (C=O) groups is 1. The molecule has 0 aromatic heterocycles. The Hall–Kier alpha value is -1.95. The van der Waals surface area contributed by atoms with E-state index in [9.17, 15) is 14.9 Å². The van der Waals surface area contributed by atoms with Crippen molar-refractivity contribution in [3.05, 3.63) is 33.4 Å². The summed E-state index contributed by atoms with van der Waals surface area (Å²) in [5, 5.41) is 13.5. The van der Waals surface area contributed by atoms with Gasteiger partial charge in [0.05, 0.1) is 10.5 Å². The van der Waals surface area contributed by atoms with E-state index in [1.165, 1.54) is 6.07 Å². The first-order chi connectivity index (χ1) is 9.10. The van der Waals surface area contributed by atoms with Crippen LogP contribution in [0.2, 0.25) is 0 Å². The quantitative estimate of drug-likeness (QED) is 0.679. The molecule has 0 atom stereocenters. The van der Waals surface area contributed by atoms with Crippen LogP contribution < -0.4 is 5.32 Å². The van der Waals surface area contributed by atoms with Crippen molar-refractivity contribution in [1.29, 1.82) is 0 Å². The number of benzene rings is 1. The molecule has 1 aromatic carbocycles. The summed E-state index contributed by atoms with van der Waals surface area (Å²) in [4.78, 5) is 22.3. The molecule has 0 bridgehead atoms. The fourth-order valence-corrected chi connectivity index (χ4v) is 1.52. The zero-order valence-electron chi connectivity index (χ0n) is 12.4. The molecule has 6 heteroatoms. The highest BCUT2D eigenvalue weighted by atomic mass is 16.6. The van der Waals surface area contributed by atoms with E-state index in [0.717, 1.165) is 11.1 Å². The molecule has 0 heterocycles. The van der Waals surface area contributed by atoms with Crippen LogP contribution in [0.3, 0.4) is 0 Å².